The molecule has 0 bridgehead atoms. The fourth-order valence-electron chi connectivity index (χ4n) is 3.90. The maximum absolute atomic E-state index is 10.4. The van der Waals surface area contributed by atoms with Gasteiger partial charge in [0.1, 0.15) is 11.6 Å². The molecule has 2 fully saturated rings. The first kappa shape index (κ1) is 13.0. The Balaban J connectivity index is 1.82. The zero-order valence-electron chi connectivity index (χ0n) is 11.6. The summed E-state index contributed by atoms with van der Waals surface area (Å²) >= 11 is 0. The normalized spacial score (nSPS) is 37.7. The average Bonchev–Trinajstić information content (AvgIpc) is 3.02. The van der Waals surface area contributed by atoms with E-state index in [2.05, 4.69) is 15.3 Å². The van der Waals surface area contributed by atoms with Gasteiger partial charge >= 0.3 is 0 Å². The van der Waals surface area contributed by atoms with Gasteiger partial charge in [-0.25, -0.2) is 9.97 Å². The van der Waals surface area contributed by atoms with Crippen molar-refractivity contribution in [2.75, 3.05) is 19.0 Å². The third kappa shape index (κ3) is 1.48. The quantitative estimate of drug-likeness (QED) is 0.621. The molecule has 2 heterocycles. The summed E-state index contributed by atoms with van der Waals surface area (Å²) in [5.41, 5.74) is 1.74. The van der Waals surface area contributed by atoms with Gasteiger partial charge < -0.3 is 25.2 Å². The number of anilines is 1. The Morgan fingerprint density at radius 1 is 1.43 bits per heavy atom. The van der Waals surface area contributed by atoms with E-state index in [0.29, 0.717) is 5.65 Å². The molecule has 7 heteroatoms. The van der Waals surface area contributed by atoms with Crippen LogP contribution in [0.25, 0.3) is 11.2 Å². The monoisotopic (exact) mass is 290 g/mol. The molecule has 112 valence electrons. The largest absolute Gasteiger partial charge is 0.396 e. The van der Waals surface area contributed by atoms with Crippen molar-refractivity contribution in [1.82, 2.24) is 14.5 Å². The van der Waals surface area contributed by atoms with Gasteiger partial charge in [-0.2, -0.15) is 0 Å². The van der Waals surface area contributed by atoms with Gasteiger partial charge in [0.15, 0.2) is 5.65 Å². The highest BCUT2D eigenvalue weighted by Gasteiger charge is 2.71. The molecule has 2 saturated carbocycles. The molecule has 0 saturated heterocycles. The second kappa shape index (κ2) is 4.16. The second-order valence-electron chi connectivity index (χ2n) is 6.06. The maximum atomic E-state index is 10.4. The van der Waals surface area contributed by atoms with Crippen LogP contribution in [0.2, 0.25) is 0 Å². The zero-order chi connectivity index (χ0) is 14.8. The number of nitrogens with one attached hydrogen (secondary N) is 1. The molecule has 0 amide bonds. The smallest absolute Gasteiger partial charge is 0.162 e. The molecule has 0 aliphatic heterocycles. The summed E-state index contributed by atoms with van der Waals surface area (Å²) in [7, 11) is 1.82. The molecule has 0 aromatic carbocycles. The van der Waals surface area contributed by atoms with Crippen LogP contribution < -0.4 is 5.32 Å². The molecule has 7 nitrogen and oxygen atoms in total. The van der Waals surface area contributed by atoms with Gasteiger partial charge in [0.05, 0.1) is 30.8 Å². The van der Waals surface area contributed by atoms with E-state index in [1.54, 1.807) is 12.5 Å². The highest BCUT2D eigenvalue weighted by atomic mass is 16.3. The van der Waals surface area contributed by atoms with Gasteiger partial charge in [-0.15, -0.1) is 0 Å². The summed E-state index contributed by atoms with van der Waals surface area (Å²) in [5.74, 6) is 0.0601. The van der Waals surface area contributed by atoms with Crippen molar-refractivity contribution in [3.05, 3.63) is 18.6 Å². The number of imidazole rings is 1. The number of hydrogen-bond acceptors (Lipinski definition) is 6. The molecule has 5 atom stereocenters. The van der Waals surface area contributed by atoms with Crippen LogP contribution in [0.15, 0.2) is 18.6 Å². The van der Waals surface area contributed by atoms with Crippen molar-refractivity contribution >= 4 is 16.9 Å². The summed E-state index contributed by atoms with van der Waals surface area (Å²) in [6.45, 7) is -0.103. The summed E-state index contributed by atoms with van der Waals surface area (Å²) in [6, 6.07) is 1.55. The lowest BCUT2D eigenvalue weighted by atomic mass is 10.0. The molecule has 2 aromatic rings. The Hall–Kier alpha value is -1.70. The molecule has 2 aromatic heterocycles. The number of aliphatic hydroxyl groups is 3. The van der Waals surface area contributed by atoms with Gasteiger partial charge in [-0.1, -0.05) is 0 Å². The Morgan fingerprint density at radius 2 is 2.24 bits per heavy atom. The van der Waals surface area contributed by atoms with Gasteiger partial charge in [-0.3, -0.25) is 0 Å². The highest BCUT2D eigenvalue weighted by Crippen LogP contribution is 2.67. The van der Waals surface area contributed by atoms with E-state index < -0.39 is 17.6 Å². The van der Waals surface area contributed by atoms with Crippen LogP contribution in [0.4, 0.5) is 5.69 Å². The first-order valence-electron chi connectivity index (χ1n) is 7.10. The molecule has 0 radical (unpaired) electrons. The van der Waals surface area contributed by atoms with Crippen molar-refractivity contribution in [1.29, 1.82) is 0 Å². The van der Waals surface area contributed by atoms with E-state index in [-0.39, 0.29) is 18.6 Å². The summed E-state index contributed by atoms with van der Waals surface area (Å²) in [5, 5.41) is 33.2. The van der Waals surface area contributed by atoms with Crippen LogP contribution >= 0.6 is 0 Å². The standard InChI is InChI=1S/C14H18N4O3/c1-15-8-2-3-16-13-9(8)17-6-18(13)10-7-4-14(7,5-19)12(21)11(10)20/h2-3,6-7,10-12,19-21H,4-5H2,1H3,(H,15,16). The van der Waals surface area contributed by atoms with Crippen molar-refractivity contribution < 1.29 is 15.3 Å². The van der Waals surface area contributed by atoms with Crippen molar-refractivity contribution in [3.63, 3.8) is 0 Å². The van der Waals surface area contributed by atoms with E-state index in [4.69, 9.17) is 0 Å². The number of nitrogens with zero attached hydrogens (tertiary/aromatic N) is 3. The Kier molecular flexibility index (Phi) is 2.57. The summed E-state index contributed by atoms with van der Waals surface area (Å²) in [6.07, 6.45) is 2.26. The lowest BCUT2D eigenvalue weighted by Crippen LogP contribution is -2.35. The minimum atomic E-state index is -0.909. The first-order chi connectivity index (χ1) is 10.1. The van der Waals surface area contributed by atoms with Crippen LogP contribution in [0.5, 0.6) is 0 Å². The molecule has 0 spiro atoms. The molecule has 21 heavy (non-hydrogen) atoms. The van der Waals surface area contributed by atoms with Crippen molar-refractivity contribution in [2.24, 2.45) is 11.3 Å². The van der Waals surface area contributed by atoms with Crippen molar-refractivity contribution in [2.45, 2.75) is 24.7 Å². The second-order valence-corrected chi connectivity index (χ2v) is 6.06. The van der Waals surface area contributed by atoms with Crippen LogP contribution in [0.1, 0.15) is 12.5 Å². The number of aromatic nitrogens is 3. The van der Waals surface area contributed by atoms with Crippen LogP contribution in [-0.4, -0.2) is 55.7 Å². The SMILES string of the molecule is CNc1ccnc2c1ncn2C1C(O)C(O)C2(CO)CC12. The third-order valence-corrected chi connectivity index (χ3v) is 5.20. The average molecular weight is 290 g/mol. The van der Waals surface area contributed by atoms with Gasteiger partial charge in [0.25, 0.3) is 0 Å². The molecule has 2 aliphatic carbocycles. The Bertz CT molecular complexity index is 703. The van der Waals surface area contributed by atoms with Gasteiger partial charge in [-0.05, 0) is 18.4 Å². The number of pyridine rings is 1. The predicted octanol–water partition coefficient (Wildman–Crippen LogP) is -0.252. The molecular formula is C14H18N4O3. The van der Waals surface area contributed by atoms with E-state index in [1.807, 2.05) is 17.7 Å². The first-order valence-corrected chi connectivity index (χ1v) is 7.10. The van der Waals surface area contributed by atoms with Crippen LogP contribution in [0.3, 0.4) is 0 Å². The fourth-order valence-corrected chi connectivity index (χ4v) is 3.90. The topological polar surface area (TPSA) is 103 Å². The third-order valence-electron chi connectivity index (χ3n) is 5.20. The highest BCUT2D eigenvalue weighted by molar-refractivity contribution is 5.85. The molecule has 4 N–H and O–H groups in total. The summed E-state index contributed by atoms with van der Waals surface area (Å²) in [4.78, 5) is 8.74. The van der Waals surface area contributed by atoms with Crippen LogP contribution in [0, 0.1) is 11.3 Å². The fraction of sp³-hybridized carbons (Fsp3) is 0.571. The number of aliphatic hydroxyl groups excluding tert-OH is 3. The number of hydrogen-bond donors (Lipinski definition) is 4. The summed E-state index contributed by atoms with van der Waals surface area (Å²) < 4.78 is 1.83. The number of rotatable bonds is 3. The minimum absolute atomic E-state index is 0.0601. The number of fused-ring (bicyclic) bond motifs is 2. The van der Waals surface area contributed by atoms with E-state index in [1.165, 1.54) is 0 Å². The lowest BCUT2D eigenvalue weighted by molar-refractivity contribution is -0.0300. The van der Waals surface area contributed by atoms with Crippen LogP contribution in [-0.2, 0) is 0 Å². The minimum Gasteiger partial charge on any atom is -0.396 e. The Morgan fingerprint density at radius 3 is 2.90 bits per heavy atom. The Labute approximate surface area is 121 Å². The van der Waals surface area contributed by atoms with E-state index >= 15 is 0 Å². The molecule has 2 aliphatic rings. The lowest BCUT2D eigenvalue weighted by Gasteiger charge is -2.23. The van der Waals surface area contributed by atoms with E-state index in [0.717, 1.165) is 17.6 Å². The zero-order valence-corrected chi connectivity index (χ0v) is 11.6. The molecule has 4 rings (SSSR count). The van der Waals surface area contributed by atoms with Gasteiger partial charge in [0.2, 0.25) is 0 Å². The molecule has 5 unspecified atom stereocenters. The maximum Gasteiger partial charge on any atom is 0.162 e. The van der Waals surface area contributed by atoms with Crippen molar-refractivity contribution in [3.8, 4) is 0 Å². The van der Waals surface area contributed by atoms with E-state index in [9.17, 15) is 15.3 Å². The predicted molar refractivity (Wildman–Crippen MR) is 75.8 cm³/mol. The van der Waals surface area contributed by atoms with Gasteiger partial charge in [0, 0.05) is 18.7 Å². The molecular weight excluding hydrogens is 272 g/mol.